The van der Waals surface area contributed by atoms with Crippen LogP contribution in [0.2, 0.25) is 0 Å². The number of likely N-dealkylation sites (N-methyl/N-ethyl adjacent to an activating group) is 1. The lowest BCUT2D eigenvalue weighted by molar-refractivity contribution is 0.273. The normalized spacial score (nSPS) is 12.6. The lowest BCUT2D eigenvalue weighted by Gasteiger charge is -2.18. The summed E-state index contributed by atoms with van der Waals surface area (Å²) in [5.74, 6) is 0.758. The van der Waals surface area contributed by atoms with Crippen LogP contribution in [0.1, 0.15) is 12.6 Å². The van der Waals surface area contributed by atoms with Gasteiger partial charge in [-0.15, -0.1) is 0 Å². The number of nitrogens with two attached hydrogens (primary N) is 1. The predicted octanol–water partition coefficient (Wildman–Crippen LogP) is 1.45. The first-order chi connectivity index (χ1) is 10.2. The molecule has 1 aromatic heterocycles. The van der Waals surface area contributed by atoms with Crippen molar-refractivity contribution in [3.8, 4) is 0 Å². The van der Waals surface area contributed by atoms with Crippen LogP contribution < -0.4 is 10.6 Å². The molecule has 0 aliphatic heterocycles. The average molecular weight is 288 g/mol. The molecular formula is C14H20N6O. The highest BCUT2D eigenvalue weighted by Gasteiger charge is 2.04. The van der Waals surface area contributed by atoms with Gasteiger partial charge in [0.25, 0.3) is 0 Å². The molecule has 1 aromatic rings. The van der Waals surface area contributed by atoms with Crippen LogP contribution in [0.25, 0.3) is 6.08 Å². The molecule has 0 atom stereocenters. The highest BCUT2D eigenvalue weighted by Crippen LogP contribution is 2.11. The van der Waals surface area contributed by atoms with Crippen LogP contribution in [-0.4, -0.2) is 43.0 Å². The van der Waals surface area contributed by atoms with Crippen LogP contribution in [-0.2, 0) is 4.84 Å². The van der Waals surface area contributed by atoms with Crippen molar-refractivity contribution in [3.63, 3.8) is 0 Å². The molecule has 0 fully saturated rings. The summed E-state index contributed by atoms with van der Waals surface area (Å²) in [6.07, 6.45) is 9.62. The van der Waals surface area contributed by atoms with E-state index < -0.39 is 0 Å². The second-order valence-corrected chi connectivity index (χ2v) is 4.08. The van der Waals surface area contributed by atoms with Crippen molar-refractivity contribution in [3.05, 3.63) is 36.1 Å². The SMILES string of the molecule is C/C=N/O/C=C/c1cc(N(C)C/C(N)=C/C=N\C)ncn1. The van der Waals surface area contributed by atoms with E-state index in [0.29, 0.717) is 12.2 Å². The van der Waals surface area contributed by atoms with Gasteiger partial charge in [0, 0.05) is 44.4 Å². The second kappa shape index (κ2) is 9.24. The summed E-state index contributed by atoms with van der Waals surface area (Å²) in [7, 11) is 3.60. The van der Waals surface area contributed by atoms with Crippen molar-refractivity contribution in [2.45, 2.75) is 6.92 Å². The van der Waals surface area contributed by atoms with Crippen molar-refractivity contribution in [1.82, 2.24) is 9.97 Å². The molecule has 0 aliphatic carbocycles. The fraction of sp³-hybridized carbons (Fsp3) is 0.286. The lowest BCUT2D eigenvalue weighted by atomic mass is 10.3. The Hall–Kier alpha value is -2.70. The number of hydrogen-bond donors (Lipinski definition) is 1. The highest BCUT2D eigenvalue weighted by atomic mass is 16.6. The topological polar surface area (TPSA) is 89.0 Å². The van der Waals surface area contributed by atoms with Crippen LogP contribution in [0.5, 0.6) is 0 Å². The minimum absolute atomic E-state index is 0.544. The molecule has 0 saturated heterocycles. The van der Waals surface area contributed by atoms with E-state index >= 15 is 0 Å². The maximum absolute atomic E-state index is 5.88. The minimum Gasteiger partial charge on any atom is -0.401 e. The number of aromatic nitrogens is 2. The molecule has 1 rings (SSSR count). The minimum atomic E-state index is 0.544. The number of allylic oxidation sites excluding steroid dienone is 1. The number of rotatable bonds is 7. The quantitative estimate of drug-likeness (QED) is 0.466. The fourth-order valence-electron chi connectivity index (χ4n) is 1.44. The summed E-state index contributed by atoms with van der Waals surface area (Å²) >= 11 is 0. The molecule has 0 unspecified atom stereocenters. The zero-order valence-electron chi connectivity index (χ0n) is 12.5. The molecule has 7 nitrogen and oxygen atoms in total. The van der Waals surface area contributed by atoms with Gasteiger partial charge in [-0.3, -0.25) is 4.99 Å². The van der Waals surface area contributed by atoms with E-state index in [-0.39, 0.29) is 0 Å². The first-order valence-corrected chi connectivity index (χ1v) is 6.37. The number of nitrogens with zero attached hydrogens (tertiary/aromatic N) is 5. The van der Waals surface area contributed by atoms with Crippen LogP contribution in [0.4, 0.5) is 5.82 Å². The standard InChI is InChI=1S/C14H20N6O/c1-4-19-21-8-6-13-9-14(18-11-17-13)20(3)10-12(15)5-7-16-2/h4-9,11H,10,15H2,1-3H3/b8-6+,12-5-,16-7-,19-4+. The highest BCUT2D eigenvalue weighted by molar-refractivity contribution is 5.72. The van der Waals surface area contributed by atoms with Crippen LogP contribution in [0.15, 0.2) is 40.6 Å². The molecule has 0 saturated carbocycles. The number of aliphatic imine (C=N–C) groups is 1. The summed E-state index contributed by atoms with van der Waals surface area (Å²) in [5, 5.41) is 3.61. The molecule has 0 radical (unpaired) electrons. The van der Waals surface area contributed by atoms with Crippen molar-refractivity contribution in [1.29, 1.82) is 0 Å². The Bertz CT molecular complexity index is 550. The van der Waals surface area contributed by atoms with Gasteiger partial charge in [0.1, 0.15) is 18.4 Å². The molecule has 0 spiro atoms. The molecule has 21 heavy (non-hydrogen) atoms. The third-order valence-corrected chi connectivity index (χ3v) is 2.39. The Balaban J connectivity index is 2.72. The van der Waals surface area contributed by atoms with Gasteiger partial charge in [-0.2, -0.15) is 0 Å². The number of oxime groups is 1. The van der Waals surface area contributed by atoms with Gasteiger partial charge in [0.05, 0.1) is 12.2 Å². The molecule has 112 valence electrons. The largest absolute Gasteiger partial charge is 0.401 e. The van der Waals surface area contributed by atoms with Gasteiger partial charge >= 0.3 is 0 Å². The molecular weight excluding hydrogens is 268 g/mol. The first-order valence-electron chi connectivity index (χ1n) is 6.37. The van der Waals surface area contributed by atoms with E-state index in [1.807, 2.05) is 18.0 Å². The Morgan fingerprint density at radius 3 is 3.00 bits per heavy atom. The van der Waals surface area contributed by atoms with E-state index in [4.69, 9.17) is 10.6 Å². The van der Waals surface area contributed by atoms with Gasteiger partial charge < -0.3 is 15.5 Å². The lowest BCUT2D eigenvalue weighted by Crippen LogP contribution is -2.24. The fourth-order valence-corrected chi connectivity index (χ4v) is 1.44. The van der Waals surface area contributed by atoms with Crippen LogP contribution in [0, 0.1) is 0 Å². The van der Waals surface area contributed by atoms with Crippen molar-refractivity contribution in [2.75, 3.05) is 25.5 Å². The van der Waals surface area contributed by atoms with Gasteiger partial charge in [0.15, 0.2) is 0 Å². The van der Waals surface area contributed by atoms with Crippen molar-refractivity contribution < 1.29 is 4.84 Å². The third kappa shape index (κ3) is 6.33. The maximum atomic E-state index is 5.88. The van der Waals surface area contributed by atoms with E-state index in [9.17, 15) is 0 Å². The van der Waals surface area contributed by atoms with Gasteiger partial charge in [-0.25, -0.2) is 9.97 Å². The zero-order chi connectivity index (χ0) is 15.5. The molecule has 2 N–H and O–H groups in total. The Kier molecular flexibility index (Phi) is 7.20. The van der Waals surface area contributed by atoms with E-state index in [0.717, 1.165) is 11.5 Å². The van der Waals surface area contributed by atoms with E-state index in [2.05, 4.69) is 20.1 Å². The Morgan fingerprint density at radius 2 is 2.29 bits per heavy atom. The summed E-state index contributed by atoms with van der Waals surface area (Å²) in [4.78, 5) is 19.0. The maximum Gasteiger partial charge on any atom is 0.132 e. The summed E-state index contributed by atoms with van der Waals surface area (Å²) in [5.41, 5.74) is 7.30. The molecule has 0 aliphatic rings. The Labute approximate surface area is 124 Å². The predicted molar refractivity (Wildman–Crippen MR) is 86.3 cm³/mol. The van der Waals surface area contributed by atoms with E-state index in [1.165, 1.54) is 12.6 Å². The first kappa shape index (κ1) is 16.4. The third-order valence-electron chi connectivity index (χ3n) is 2.39. The monoisotopic (exact) mass is 288 g/mol. The van der Waals surface area contributed by atoms with E-state index in [1.54, 1.807) is 38.6 Å². The van der Waals surface area contributed by atoms with Crippen molar-refractivity contribution in [2.24, 2.45) is 15.9 Å². The number of hydrogen-bond acceptors (Lipinski definition) is 7. The van der Waals surface area contributed by atoms with Gasteiger partial charge in [-0.05, 0) is 13.0 Å². The number of anilines is 1. The molecule has 1 heterocycles. The van der Waals surface area contributed by atoms with Crippen LogP contribution in [0.3, 0.4) is 0 Å². The molecule has 0 aromatic carbocycles. The van der Waals surface area contributed by atoms with Crippen LogP contribution >= 0.6 is 0 Å². The average Bonchev–Trinajstić information content (AvgIpc) is 2.50. The van der Waals surface area contributed by atoms with Gasteiger partial charge in [-0.1, -0.05) is 5.16 Å². The van der Waals surface area contributed by atoms with Gasteiger partial charge in [0.2, 0.25) is 0 Å². The zero-order valence-corrected chi connectivity index (χ0v) is 12.5. The molecule has 0 bridgehead atoms. The Morgan fingerprint density at radius 1 is 1.48 bits per heavy atom. The second-order valence-electron chi connectivity index (χ2n) is 4.08. The summed E-state index contributed by atoms with van der Waals surface area (Å²) in [6.45, 7) is 2.32. The molecule has 0 amide bonds. The molecule has 7 heteroatoms. The smallest absolute Gasteiger partial charge is 0.132 e. The summed E-state index contributed by atoms with van der Waals surface area (Å²) < 4.78 is 0. The summed E-state index contributed by atoms with van der Waals surface area (Å²) in [6, 6.07) is 1.83. The van der Waals surface area contributed by atoms with Crippen molar-refractivity contribution >= 4 is 24.3 Å².